The molecule has 0 spiro atoms. The van der Waals surface area contributed by atoms with Crippen LogP contribution in [0.4, 0.5) is 0 Å². The molecule has 0 aromatic heterocycles. The molecule has 0 aliphatic rings. The minimum atomic E-state index is -0.0137. The number of hydrogen-bond acceptors (Lipinski definition) is 4. The number of rotatable bonds is 8. The van der Waals surface area contributed by atoms with Gasteiger partial charge in [-0.2, -0.15) is 0 Å². The molecule has 0 saturated carbocycles. The maximum absolute atomic E-state index is 11.5. The van der Waals surface area contributed by atoms with Crippen LogP contribution in [0.1, 0.15) is 25.8 Å². The van der Waals surface area contributed by atoms with Gasteiger partial charge in [-0.05, 0) is 31.5 Å². The topological polar surface area (TPSA) is 98.0 Å². The summed E-state index contributed by atoms with van der Waals surface area (Å²) in [5, 5.41) is 5.73. The molecule has 1 aromatic carbocycles. The first-order valence-corrected chi connectivity index (χ1v) is 7.50. The SMILES string of the molecule is COc1ccc(CN=C(N)NCCC(=O)NC(C)C)cc1OC. The molecule has 0 atom stereocenters. The van der Waals surface area contributed by atoms with E-state index in [4.69, 9.17) is 15.2 Å². The fraction of sp³-hybridized carbons (Fsp3) is 0.500. The van der Waals surface area contributed by atoms with E-state index in [9.17, 15) is 4.79 Å². The van der Waals surface area contributed by atoms with Gasteiger partial charge in [-0.15, -0.1) is 0 Å². The minimum Gasteiger partial charge on any atom is -0.493 e. The molecule has 1 amide bonds. The highest BCUT2D eigenvalue weighted by atomic mass is 16.5. The maximum Gasteiger partial charge on any atom is 0.221 e. The summed E-state index contributed by atoms with van der Waals surface area (Å²) < 4.78 is 10.4. The lowest BCUT2D eigenvalue weighted by Crippen LogP contribution is -2.36. The van der Waals surface area contributed by atoms with Crippen molar-refractivity contribution < 1.29 is 14.3 Å². The lowest BCUT2D eigenvalue weighted by molar-refractivity contribution is -0.121. The number of carbonyl (C=O) groups excluding carboxylic acids is 1. The summed E-state index contributed by atoms with van der Waals surface area (Å²) in [5.41, 5.74) is 6.74. The predicted octanol–water partition coefficient (Wildman–Crippen LogP) is 1.02. The number of amides is 1. The maximum atomic E-state index is 11.5. The van der Waals surface area contributed by atoms with Crippen molar-refractivity contribution in [2.45, 2.75) is 32.9 Å². The van der Waals surface area contributed by atoms with E-state index in [2.05, 4.69) is 15.6 Å². The van der Waals surface area contributed by atoms with E-state index in [1.165, 1.54) is 0 Å². The number of benzene rings is 1. The molecule has 0 saturated heterocycles. The van der Waals surface area contributed by atoms with Crippen molar-refractivity contribution in [1.82, 2.24) is 10.6 Å². The minimum absolute atomic E-state index is 0.0137. The molecule has 4 N–H and O–H groups in total. The van der Waals surface area contributed by atoms with E-state index in [0.717, 1.165) is 5.56 Å². The molecular formula is C16H26N4O3. The van der Waals surface area contributed by atoms with Gasteiger partial charge in [0.25, 0.3) is 0 Å². The molecular weight excluding hydrogens is 296 g/mol. The highest BCUT2D eigenvalue weighted by Gasteiger charge is 2.05. The Morgan fingerprint density at radius 3 is 2.57 bits per heavy atom. The van der Waals surface area contributed by atoms with Crippen molar-refractivity contribution in [1.29, 1.82) is 0 Å². The largest absolute Gasteiger partial charge is 0.493 e. The van der Waals surface area contributed by atoms with E-state index in [1.54, 1.807) is 14.2 Å². The van der Waals surface area contributed by atoms with Crippen LogP contribution in [0.15, 0.2) is 23.2 Å². The molecule has 128 valence electrons. The van der Waals surface area contributed by atoms with Gasteiger partial charge in [-0.3, -0.25) is 4.79 Å². The Bertz CT molecular complexity index is 544. The summed E-state index contributed by atoms with van der Waals surface area (Å²) in [5.74, 6) is 1.61. The Kier molecular flexibility index (Phi) is 7.73. The lowest BCUT2D eigenvalue weighted by Gasteiger charge is -2.10. The average Bonchev–Trinajstić information content (AvgIpc) is 2.51. The third-order valence-electron chi connectivity index (χ3n) is 2.99. The molecule has 0 fully saturated rings. The molecule has 0 heterocycles. The van der Waals surface area contributed by atoms with Crippen LogP contribution in [0.3, 0.4) is 0 Å². The van der Waals surface area contributed by atoms with E-state index in [-0.39, 0.29) is 11.9 Å². The molecule has 23 heavy (non-hydrogen) atoms. The predicted molar refractivity (Wildman–Crippen MR) is 90.8 cm³/mol. The van der Waals surface area contributed by atoms with Gasteiger partial charge in [0.05, 0.1) is 20.8 Å². The Balaban J connectivity index is 2.46. The molecule has 0 bridgehead atoms. The second-order valence-corrected chi connectivity index (χ2v) is 5.29. The van der Waals surface area contributed by atoms with Crippen molar-refractivity contribution in [2.75, 3.05) is 20.8 Å². The van der Waals surface area contributed by atoms with Gasteiger partial charge in [0, 0.05) is 19.0 Å². The first kappa shape index (κ1) is 18.6. The zero-order valence-electron chi connectivity index (χ0n) is 14.2. The van der Waals surface area contributed by atoms with Crippen LogP contribution in [0.2, 0.25) is 0 Å². The number of nitrogens with zero attached hydrogens (tertiary/aromatic N) is 1. The van der Waals surface area contributed by atoms with Crippen molar-refractivity contribution in [3.8, 4) is 11.5 Å². The normalized spacial score (nSPS) is 11.3. The summed E-state index contributed by atoms with van der Waals surface area (Å²) in [6, 6.07) is 5.71. The quantitative estimate of drug-likeness (QED) is 0.490. The summed E-state index contributed by atoms with van der Waals surface area (Å²) in [6.07, 6.45) is 0.352. The summed E-state index contributed by atoms with van der Waals surface area (Å²) in [7, 11) is 3.18. The molecule has 1 rings (SSSR count). The van der Waals surface area contributed by atoms with Crippen LogP contribution in [-0.2, 0) is 11.3 Å². The van der Waals surface area contributed by atoms with Crippen molar-refractivity contribution >= 4 is 11.9 Å². The Morgan fingerprint density at radius 2 is 1.96 bits per heavy atom. The van der Waals surface area contributed by atoms with Gasteiger partial charge in [0.15, 0.2) is 17.5 Å². The second-order valence-electron chi connectivity index (χ2n) is 5.29. The zero-order valence-corrected chi connectivity index (χ0v) is 14.2. The van der Waals surface area contributed by atoms with Crippen LogP contribution in [0.5, 0.6) is 11.5 Å². The Morgan fingerprint density at radius 1 is 1.26 bits per heavy atom. The number of methoxy groups -OCH3 is 2. The Labute approximate surface area is 137 Å². The molecule has 0 aliphatic carbocycles. The zero-order chi connectivity index (χ0) is 17.2. The lowest BCUT2D eigenvalue weighted by atomic mass is 10.2. The number of nitrogens with one attached hydrogen (secondary N) is 2. The van der Waals surface area contributed by atoms with E-state index < -0.39 is 0 Å². The molecule has 7 nitrogen and oxygen atoms in total. The number of guanidine groups is 1. The first-order chi connectivity index (χ1) is 11.0. The van der Waals surface area contributed by atoms with Crippen LogP contribution in [-0.4, -0.2) is 38.7 Å². The number of carbonyl (C=O) groups is 1. The van der Waals surface area contributed by atoms with E-state index in [0.29, 0.717) is 37.0 Å². The van der Waals surface area contributed by atoms with E-state index >= 15 is 0 Å². The number of aliphatic imine (C=N–C) groups is 1. The van der Waals surface area contributed by atoms with Crippen molar-refractivity contribution in [3.05, 3.63) is 23.8 Å². The van der Waals surface area contributed by atoms with Gasteiger partial charge < -0.3 is 25.8 Å². The highest BCUT2D eigenvalue weighted by molar-refractivity contribution is 5.80. The van der Waals surface area contributed by atoms with Gasteiger partial charge >= 0.3 is 0 Å². The van der Waals surface area contributed by atoms with Crippen LogP contribution in [0, 0.1) is 0 Å². The summed E-state index contributed by atoms with van der Waals surface area (Å²) >= 11 is 0. The van der Waals surface area contributed by atoms with Gasteiger partial charge in [0.1, 0.15) is 0 Å². The fourth-order valence-electron chi connectivity index (χ4n) is 1.91. The van der Waals surface area contributed by atoms with Crippen molar-refractivity contribution in [2.24, 2.45) is 10.7 Å². The van der Waals surface area contributed by atoms with Crippen molar-refractivity contribution in [3.63, 3.8) is 0 Å². The number of hydrogen-bond donors (Lipinski definition) is 3. The fourth-order valence-corrected chi connectivity index (χ4v) is 1.91. The van der Waals surface area contributed by atoms with Gasteiger partial charge in [-0.1, -0.05) is 6.07 Å². The molecule has 0 unspecified atom stereocenters. The number of ether oxygens (including phenoxy) is 2. The van der Waals surface area contributed by atoms with Crippen LogP contribution in [0.25, 0.3) is 0 Å². The van der Waals surface area contributed by atoms with Gasteiger partial charge in [-0.25, -0.2) is 4.99 Å². The first-order valence-electron chi connectivity index (χ1n) is 7.50. The molecule has 0 aliphatic heterocycles. The van der Waals surface area contributed by atoms with Crippen LogP contribution >= 0.6 is 0 Å². The summed E-state index contributed by atoms with van der Waals surface area (Å²) in [4.78, 5) is 15.7. The van der Waals surface area contributed by atoms with Crippen LogP contribution < -0.4 is 25.8 Å². The molecule has 7 heteroatoms. The second kappa shape index (κ2) is 9.55. The molecule has 0 radical (unpaired) electrons. The highest BCUT2D eigenvalue weighted by Crippen LogP contribution is 2.27. The third-order valence-corrected chi connectivity index (χ3v) is 2.99. The monoisotopic (exact) mass is 322 g/mol. The average molecular weight is 322 g/mol. The standard InChI is InChI=1S/C16H26N4O3/c1-11(2)20-15(21)7-8-18-16(17)19-10-12-5-6-13(22-3)14(9-12)23-4/h5-6,9,11H,7-8,10H2,1-4H3,(H,20,21)(H3,17,18,19). The van der Waals surface area contributed by atoms with E-state index in [1.807, 2.05) is 32.0 Å². The number of nitrogens with two attached hydrogens (primary N) is 1. The molecule has 1 aromatic rings. The smallest absolute Gasteiger partial charge is 0.221 e. The summed E-state index contributed by atoms with van der Waals surface area (Å²) in [6.45, 7) is 4.70. The Hall–Kier alpha value is -2.44. The van der Waals surface area contributed by atoms with Gasteiger partial charge in [0.2, 0.25) is 5.91 Å². The third kappa shape index (κ3) is 6.90.